The lowest BCUT2D eigenvalue weighted by Gasteiger charge is -2.14. The molecule has 1 saturated carbocycles. The number of anilines is 1. The lowest BCUT2D eigenvalue weighted by Crippen LogP contribution is -2.27. The third kappa shape index (κ3) is 2.69. The Kier molecular flexibility index (Phi) is 3.40. The predicted molar refractivity (Wildman–Crippen MR) is 77.4 cm³/mol. The van der Waals surface area contributed by atoms with Gasteiger partial charge in [-0.1, -0.05) is 12.1 Å². The summed E-state index contributed by atoms with van der Waals surface area (Å²) >= 11 is 0. The van der Waals surface area contributed by atoms with E-state index in [9.17, 15) is 14.0 Å². The molecular weight excluding hydrogens is 287 g/mol. The van der Waals surface area contributed by atoms with Crippen LogP contribution in [0.15, 0.2) is 36.7 Å². The predicted octanol–water partition coefficient (Wildman–Crippen LogP) is 1.18. The van der Waals surface area contributed by atoms with E-state index in [-0.39, 0.29) is 18.3 Å². The summed E-state index contributed by atoms with van der Waals surface area (Å²) in [4.78, 5) is 23.3. The molecule has 1 aromatic heterocycles. The Bertz CT molecular complexity index is 719. The van der Waals surface area contributed by atoms with Gasteiger partial charge in [0.2, 0.25) is 11.8 Å². The maximum atomic E-state index is 13.0. The molecule has 1 aliphatic carbocycles. The SMILES string of the molecule is NC(=O)Cn1cc(NC(=O)C2(c3ccc(F)cc3)CC2)cn1. The van der Waals surface area contributed by atoms with E-state index in [1.807, 2.05) is 0 Å². The zero-order valence-corrected chi connectivity index (χ0v) is 11.8. The van der Waals surface area contributed by atoms with Gasteiger partial charge in [-0.05, 0) is 30.5 Å². The first-order chi connectivity index (χ1) is 10.5. The summed E-state index contributed by atoms with van der Waals surface area (Å²) in [6.45, 7) is -0.0427. The molecule has 0 spiro atoms. The first-order valence-corrected chi connectivity index (χ1v) is 6.88. The fourth-order valence-electron chi connectivity index (χ4n) is 2.47. The van der Waals surface area contributed by atoms with E-state index >= 15 is 0 Å². The van der Waals surface area contributed by atoms with Crippen LogP contribution < -0.4 is 11.1 Å². The minimum Gasteiger partial charge on any atom is -0.368 e. The van der Waals surface area contributed by atoms with E-state index in [1.165, 1.54) is 23.0 Å². The Morgan fingerprint density at radius 3 is 2.59 bits per heavy atom. The number of nitrogens with zero attached hydrogens (tertiary/aromatic N) is 2. The van der Waals surface area contributed by atoms with E-state index in [0.29, 0.717) is 5.69 Å². The van der Waals surface area contributed by atoms with Gasteiger partial charge in [-0.25, -0.2) is 4.39 Å². The van der Waals surface area contributed by atoms with E-state index in [2.05, 4.69) is 10.4 Å². The standard InChI is InChI=1S/C15H15FN4O2/c16-11-3-1-10(2-4-11)15(5-6-15)14(22)19-12-7-18-20(8-12)9-13(17)21/h1-4,7-8H,5-6,9H2,(H2,17,21)(H,19,22). The van der Waals surface area contributed by atoms with Crippen LogP contribution in [0.2, 0.25) is 0 Å². The first kappa shape index (κ1) is 14.2. The van der Waals surface area contributed by atoms with Crippen LogP contribution in [0.25, 0.3) is 0 Å². The fraction of sp³-hybridized carbons (Fsp3) is 0.267. The molecule has 7 heteroatoms. The second kappa shape index (κ2) is 5.25. The highest BCUT2D eigenvalue weighted by atomic mass is 19.1. The van der Waals surface area contributed by atoms with Crippen molar-refractivity contribution in [1.29, 1.82) is 0 Å². The minimum absolute atomic E-state index is 0.0427. The summed E-state index contributed by atoms with van der Waals surface area (Å²) in [6, 6.07) is 5.98. The molecule has 1 heterocycles. The Morgan fingerprint density at radius 2 is 2.00 bits per heavy atom. The van der Waals surface area contributed by atoms with E-state index in [4.69, 9.17) is 5.73 Å². The van der Waals surface area contributed by atoms with Crippen LogP contribution >= 0.6 is 0 Å². The summed E-state index contributed by atoms with van der Waals surface area (Å²) in [6.07, 6.45) is 4.45. The van der Waals surface area contributed by atoms with Crippen molar-refractivity contribution in [2.75, 3.05) is 5.32 Å². The number of nitrogens with two attached hydrogens (primary N) is 1. The third-order valence-corrected chi connectivity index (χ3v) is 3.79. The number of benzene rings is 1. The van der Waals surface area contributed by atoms with Crippen molar-refractivity contribution >= 4 is 17.5 Å². The lowest BCUT2D eigenvalue weighted by atomic mass is 9.95. The molecule has 1 aliphatic rings. The van der Waals surface area contributed by atoms with Gasteiger partial charge in [0.25, 0.3) is 0 Å². The fourth-order valence-corrected chi connectivity index (χ4v) is 2.47. The van der Waals surface area contributed by atoms with Crippen LogP contribution in [0.5, 0.6) is 0 Å². The molecule has 3 N–H and O–H groups in total. The molecule has 6 nitrogen and oxygen atoms in total. The molecule has 114 valence electrons. The van der Waals surface area contributed by atoms with Gasteiger partial charge in [-0.3, -0.25) is 14.3 Å². The highest BCUT2D eigenvalue weighted by molar-refractivity contribution is 6.01. The molecule has 0 bridgehead atoms. The molecule has 0 atom stereocenters. The second-order valence-electron chi connectivity index (χ2n) is 5.44. The quantitative estimate of drug-likeness (QED) is 0.869. The second-order valence-corrected chi connectivity index (χ2v) is 5.44. The zero-order valence-electron chi connectivity index (χ0n) is 11.8. The molecule has 0 aliphatic heterocycles. The average Bonchev–Trinajstić information content (AvgIpc) is 3.17. The van der Waals surface area contributed by atoms with Crippen LogP contribution in [0, 0.1) is 5.82 Å². The minimum atomic E-state index is -0.598. The van der Waals surface area contributed by atoms with E-state index in [0.717, 1.165) is 18.4 Å². The Hall–Kier alpha value is -2.70. The highest BCUT2D eigenvalue weighted by Gasteiger charge is 2.51. The van der Waals surface area contributed by atoms with Crippen molar-refractivity contribution in [2.45, 2.75) is 24.8 Å². The summed E-state index contributed by atoms with van der Waals surface area (Å²) in [7, 11) is 0. The molecule has 1 aromatic carbocycles. The van der Waals surface area contributed by atoms with Crippen molar-refractivity contribution in [2.24, 2.45) is 5.73 Å². The highest BCUT2D eigenvalue weighted by Crippen LogP contribution is 2.49. The Balaban J connectivity index is 1.73. The number of aromatic nitrogens is 2. The number of halogens is 1. The van der Waals surface area contributed by atoms with Crippen molar-refractivity contribution < 1.29 is 14.0 Å². The van der Waals surface area contributed by atoms with Crippen LogP contribution in [0.4, 0.5) is 10.1 Å². The number of carbonyl (C=O) groups excluding carboxylic acids is 2. The topological polar surface area (TPSA) is 90.0 Å². The number of primary amides is 1. The molecule has 0 saturated heterocycles. The van der Waals surface area contributed by atoms with Gasteiger partial charge in [0, 0.05) is 6.20 Å². The summed E-state index contributed by atoms with van der Waals surface area (Å²) < 4.78 is 14.4. The molecule has 2 aromatic rings. The average molecular weight is 302 g/mol. The number of nitrogens with one attached hydrogen (secondary N) is 1. The Labute approximate surface area is 126 Å². The van der Waals surface area contributed by atoms with Gasteiger partial charge in [-0.15, -0.1) is 0 Å². The molecule has 2 amide bonds. The largest absolute Gasteiger partial charge is 0.368 e. The summed E-state index contributed by atoms with van der Waals surface area (Å²) in [5.41, 5.74) is 5.79. The normalized spacial score (nSPS) is 15.3. The summed E-state index contributed by atoms with van der Waals surface area (Å²) in [5, 5.41) is 6.73. The molecule has 0 radical (unpaired) electrons. The van der Waals surface area contributed by atoms with Crippen LogP contribution in [-0.2, 0) is 21.5 Å². The molecular formula is C15H15FN4O2. The van der Waals surface area contributed by atoms with Crippen molar-refractivity contribution in [1.82, 2.24) is 9.78 Å². The lowest BCUT2D eigenvalue weighted by molar-refractivity contribution is -0.119. The van der Waals surface area contributed by atoms with Crippen molar-refractivity contribution in [3.8, 4) is 0 Å². The number of hydrogen-bond donors (Lipinski definition) is 2. The van der Waals surface area contributed by atoms with Crippen LogP contribution in [0.3, 0.4) is 0 Å². The maximum Gasteiger partial charge on any atom is 0.239 e. The number of amides is 2. The Morgan fingerprint density at radius 1 is 1.32 bits per heavy atom. The van der Waals surface area contributed by atoms with Gasteiger partial charge in [0.15, 0.2) is 0 Å². The van der Waals surface area contributed by atoms with Gasteiger partial charge in [-0.2, -0.15) is 5.10 Å². The monoisotopic (exact) mass is 302 g/mol. The summed E-state index contributed by atoms with van der Waals surface area (Å²) in [5.74, 6) is -0.989. The molecule has 22 heavy (non-hydrogen) atoms. The van der Waals surface area contributed by atoms with Gasteiger partial charge < -0.3 is 11.1 Å². The number of hydrogen-bond acceptors (Lipinski definition) is 3. The van der Waals surface area contributed by atoms with E-state index < -0.39 is 11.3 Å². The van der Waals surface area contributed by atoms with Crippen molar-refractivity contribution in [3.63, 3.8) is 0 Å². The van der Waals surface area contributed by atoms with Gasteiger partial charge in [0.05, 0.1) is 17.3 Å². The zero-order chi connectivity index (χ0) is 15.7. The van der Waals surface area contributed by atoms with E-state index in [1.54, 1.807) is 18.3 Å². The smallest absolute Gasteiger partial charge is 0.239 e. The number of carbonyl (C=O) groups is 2. The maximum absolute atomic E-state index is 13.0. The van der Waals surface area contributed by atoms with Gasteiger partial charge in [0.1, 0.15) is 12.4 Å². The number of rotatable bonds is 5. The molecule has 1 fully saturated rings. The third-order valence-electron chi connectivity index (χ3n) is 3.79. The van der Waals surface area contributed by atoms with Gasteiger partial charge >= 0.3 is 0 Å². The van der Waals surface area contributed by atoms with Crippen molar-refractivity contribution in [3.05, 3.63) is 48.0 Å². The first-order valence-electron chi connectivity index (χ1n) is 6.88. The van der Waals surface area contributed by atoms with Crippen LogP contribution in [-0.4, -0.2) is 21.6 Å². The molecule has 0 unspecified atom stereocenters. The van der Waals surface area contributed by atoms with Crippen LogP contribution in [0.1, 0.15) is 18.4 Å². The molecule has 3 rings (SSSR count).